The van der Waals surface area contributed by atoms with Crippen LogP contribution in [0.25, 0.3) is 11.2 Å². The molecular formula is C15H19N7O2S2. The molecule has 0 aromatic carbocycles. The number of thioether (sulfide) groups is 1. The topological polar surface area (TPSA) is 99.6 Å². The molecule has 4 rings (SSSR count). The molecule has 0 unspecified atom stereocenters. The molecule has 0 bridgehead atoms. The smallest absolute Gasteiger partial charge is 0.332 e. The van der Waals surface area contributed by atoms with Gasteiger partial charge >= 0.3 is 5.69 Å². The Hall–Kier alpha value is -2.14. The third kappa shape index (κ3) is 3.28. The van der Waals surface area contributed by atoms with E-state index in [1.165, 1.54) is 22.0 Å². The average molecular weight is 393 g/mol. The van der Waals surface area contributed by atoms with Gasteiger partial charge in [-0.05, 0) is 19.3 Å². The minimum absolute atomic E-state index is 0.292. The maximum atomic E-state index is 12.6. The van der Waals surface area contributed by atoms with Gasteiger partial charge in [0.05, 0.1) is 6.33 Å². The number of hydrogen-bond acceptors (Lipinski definition) is 8. The summed E-state index contributed by atoms with van der Waals surface area (Å²) in [6, 6.07) is 0.561. The summed E-state index contributed by atoms with van der Waals surface area (Å²) in [6.45, 7) is 0.367. The lowest BCUT2D eigenvalue weighted by molar-refractivity contribution is 0.594. The Balaban J connectivity index is 1.41. The Morgan fingerprint density at radius 2 is 2.12 bits per heavy atom. The molecule has 138 valence electrons. The number of imidazole rings is 1. The second-order valence-corrected chi connectivity index (χ2v) is 8.64. The third-order valence-electron chi connectivity index (χ3n) is 4.26. The number of anilines is 1. The molecule has 11 heteroatoms. The molecule has 26 heavy (non-hydrogen) atoms. The highest BCUT2D eigenvalue weighted by Gasteiger charge is 2.22. The number of aryl methyl sites for hydroxylation is 2. The van der Waals surface area contributed by atoms with Crippen molar-refractivity contribution >= 4 is 39.4 Å². The van der Waals surface area contributed by atoms with Crippen molar-refractivity contribution in [3.05, 3.63) is 27.2 Å². The third-order valence-corrected chi connectivity index (χ3v) is 6.34. The van der Waals surface area contributed by atoms with E-state index in [2.05, 4.69) is 20.5 Å². The Bertz CT molecular complexity index is 1060. The first-order chi connectivity index (χ1) is 12.5. The van der Waals surface area contributed by atoms with Crippen LogP contribution in [-0.2, 0) is 20.6 Å². The van der Waals surface area contributed by atoms with Gasteiger partial charge in [-0.25, -0.2) is 9.78 Å². The van der Waals surface area contributed by atoms with E-state index in [-0.39, 0.29) is 11.2 Å². The van der Waals surface area contributed by atoms with Crippen LogP contribution in [0.4, 0.5) is 5.13 Å². The molecule has 0 spiro atoms. The molecular weight excluding hydrogens is 374 g/mol. The van der Waals surface area contributed by atoms with E-state index in [0.717, 1.165) is 15.2 Å². The predicted octanol–water partition coefficient (Wildman–Crippen LogP) is 1.04. The van der Waals surface area contributed by atoms with Crippen molar-refractivity contribution in [3.63, 3.8) is 0 Å². The van der Waals surface area contributed by atoms with Crippen molar-refractivity contribution in [2.75, 3.05) is 11.1 Å². The molecule has 0 atom stereocenters. The standard InChI is InChI=1S/C15H19N7O2S2/c1-20-8-16-11-10(20)12(23)22(15(24)21(11)2)6-3-7-25-14-19-18-13(26-14)17-9-4-5-9/h8-9H,3-7H2,1-2H3,(H,17,18). The Morgan fingerprint density at radius 1 is 1.31 bits per heavy atom. The number of rotatable bonds is 7. The number of hydrogen-bond donors (Lipinski definition) is 1. The normalized spacial score (nSPS) is 14.2. The Morgan fingerprint density at radius 3 is 2.88 bits per heavy atom. The largest absolute Gasteiger partial charge is 0.357 e. The highest BCUT2D eigenvalue weighted by Crippen LogP contribution is 2.30. The molecule has 1 aliphatic carbocycles. The lowest BCUT2D eigenvalue weighted by atomic mass is 10.4. The van der Waals surface area contributed by atoms with Crippen LogP contribution >= 0.6 is 23.1 Å². The summed E-state index contributed by atoms with van der Waals surface area (Å²) in [5.41, 5.74) is 0.232. The van der Waals surface area contributed by atoms with E-state index in [1.807, 2.05) is 0 Å². The fourth-order valence-corrected chi connectivity index (χ4v) is 4.53. The minimum atomic E-state index is -0.335. The first kappa shape index (κ1) is 17.3. The lowest BCUT2D eigenvalue weighted by Gasteiger charge is -2.08. The van der Waals surface area contributed by atoms with Gasteiger partial charge in [-0.3, -0.25) is 13.9 Å². The molecule has 3 aromatic rings. The van der Waals surface area contributed by atoms with Gasteiger partial charge in [0, 0.05) is 32.4 Å². The van der Waals surface area contributed by atoms with Gasteiger partial charge < -0.3 is 9.88 Å². The average Bonchev–Trinajstić information content (AvgIpc) is 3.17. The highest BCUT2D eigenvalue weighted by atomic mass is 32.2. The summed E-state index contributed by atoms with van der Waals surface area (Å²) in [4.78, 5) is 29.2. The van der Waals surface area contributed by atoms with Crippen LogP contribution in [0, 0.1) is 0 Å². The summed E-state index contributed by atoms with van der Waals surface area (Å²) in [5.74, 6) is 0.761. The van der Waals surface area contributed by atoms with E-state index < -0.39 is 0 Å². The maximum absolute atomic E-state index is 12.6. The molecule has 9 nitrogen and oxygen atoms in total. The van der Waals surface area contributed by atoms with Crippen molar-refractivity contribution in [1.29, 1.82) is 0 Å². The fourth-order valence-electron chi connectivity index (χ4n) is 2.70. The Labute approximate surface area is 157 Å². The van der Waals surface area contributed by atoms with Crippen LogP contribution < -0.4 is 16.6 Å². The zero-order valence-corrected chi connectivity index (χ0v) is 16.1. The molecule has 3 aromatic heterocycles. The number of aromatic nitrogens is 6. The van der Waals surface area contributed by atoms with Crippen LogP contribution in [0.5, 0.6) is 0 Å². The first-order valence-corrected chi connectivity index (χ1v) is 10.2. The molecule has 0 radical (unpaired) electrons. The molecule has 0 amide bonds. The van der Waals surface area contributed by atoms with Crippen LogP contribution in [-0.4, -0.2) is 40.7 Å². The van der Waals surface area contributed by atoms with Crippen LogP contribution in [0.15, 0.2) is 20.3 Å². The molecule has 1 saturated carbocycles. The zero-order chi connectivity index (χ0) is 18.3. The van der Waals surface area contributed by atoms with E-state index in [9.17, 15) is 9.59 Å². The van der Waals surface area contributed by atoms with E-state index in [4.69, 9.17) is 0 Å². The van der Waals surface area contributed by atoms with Gasteiger partial charge in [-0.1, -0.05) is 23.1 Å². The summed E-state index contributed by atoms with van der Waals surface area (Å²) >= 11 is 3.14. The second-order valence-electron chi connectivity index (χ2n) is 6.32. The molecule has 0 saturated heterocycles. The van der Waals surface area contributed by atoms with E-state index in [0.29, 0.717) is 30.2 Å². The van der Waals surface area contributed by atoms with Gasteiger partial charge in [-0.2, -0.15) is 0 Å². The van der Waals surface area contributed by atoms with Crippen molar-refractivity contribution in [1.82, 2.24) is 28.9 Å². The van der Waals surface area contributed by atoms with Gasteiger partial charge in [0.15, 0.2) is 15.5 Å². The van der Waals surface area contributed by atoms with Crippen molar-refractivity contribution in [3.8, 4) is 0 Å². The van der Waals surface area contributed by atoms with Crippen molar-refractivity contribution in [2.24, 2.45) is 14.1 Å². The summed E-state index contributed by atoms with van der Waals surface area (Å²) in [6.07, 6.45) is 4.64. The number of nitrogens with one attached hydrogen (secondary N) is 1. The quantitative estimate of drug-likeness (QED) is 0.473. The van der Waals surface area contributed by atoms with Crippen LogP contribution in [0.3, 0.4) is 0 Å². The highest BCUT2D eigenvalue weighted by molar-refractivity contribution is 8.01. The Kier molecular flexibility index (Phi) is 4.57. The number of fused-ring (bicyclic) bond motifs is 1. The van der Waals surface area contributed by atoms with Gasteiger partial charge in [0.1, 0.15) is 0 Å². The van der Waals surface area contributed by atoms with Crippen LogP contribution in [0.1, 0.15) is 19.3 Å². The summed E-state index contributed by atoms with van der Waals surface area (Å²) in [7, 11) is 3.39. The second kappa shape index (κ2) is 6.88. The van der Waals surface area contributed by atoms with Gasteiger partial charge in [-0.15, -0.1) is 10.2 Å². The van der Waals surface area contributed by atoms with E-state index in [1.54, 1.807) is 48.1 Å². The van der Waals surface area contributed by atoms with Gasteiger partial charge in [0.2, 0.25) is 5.13 Å². The predicted molar refractivity (Wildman–Crippen MR) is 102 cm³/mol. The SMILES string of the molecule is Cn1cnc2c1c(=O)n(CCCSc1nnc(NC3CC3)s1)c(=O)n2C. The number of nitrogens with zero attached hydrogens (tertiary/aromatic N) is 6. The molecule has 1 fully saturated rings. The zero-order valence-electron chi connectivity index (χ0n) is 14.5. The monoisotopic (exact) mass is 393 g/mol. The van der Waals surface area contributed by atoms with E-state index >= 15 is 0 Å². The summed E-state index contributed by atoms with van der Waals surface area (Å²) < 4.78 is 5.25. The summed E-state index contributed by atoms with van der Waals surface area (Å²) in [5, 5.41) is 12.5. The molecule has 1 aliphatic rings. The molecule has 1 N–H and O–H groups in total. The van der Waals surface area contributed by atoms with Crippen molar-refractivity contribution < 1.29 is 0 Å². The maximum Gasteiger partial charge on any atom is 0.332 e. The van der Waals surface area contributed by atoms with Crippen LogP contribution in [0.2, 0.25) is 0 Å². The molecule has 3 heterocycles. The minimum Gasteiger partial charge on any atom is -0.357 e. The van der Waals surface area contributed by atoms with Gasteiger partial charge in [0.25, 0.3) is 5.56 Å². The molecule has 0 aliphatic heterocycles. The first-order valence-electron chi connectivity index (χ1n) is 8.38. The fraction of sp³-hybridized carbons (Fsp3) is 0.533. The van der Waals surface area contributed by atoms with Crippen molar-refractivity contribution in [2.45, 2.75) is 36.2 Å². The lowest BCUT2D eigenvalue weighted by Crippen LogP contribution is -2.39.